The number of carbonyl (C=O) groups is 1. The highest BCUT2D eigenvalue weighted by Gasteiger charge is 2.29. The molecule has 3 aliphatic heterocycles. The topological polar surface area (TPSA) is 90.8 Å². The Bertz CT molecular complexity index is 680. The van der Waals surface area contributed by atoms with Gasteiger partial charge in [0.2, 0.25) is 5.96 Å². The van der Waals surface area contributed by atoms with Gasteiger partial charge in [-0.3, -0.25) is 14.7 Å². The van der Waals surface area contributed by atoms with Gasteiger partial charge in [0, 0.05) is 57.7 Å². The van der Waals surface area contributed by atoms with Crippen LogP contribution < -0.4 is 10.6 Å². The van der Waals surface area contributed by atoms with Crippen molar-refractivity contribution in [1.29, 1.82) is 0 Å². The Morgan fingerprint density at radius 3 is 2.70 bits per heavy atom. The van der Waals surface area contributed by atoms with Crippen molar-refractivity contribution in [3.05, 3.63) is 11.6 Å². The summed E-state index contributed by atoms with van der Waals surface area (Å²) in [5.74, 6) is 2.18. The van der Waals surface area contributed by atoms with Gasteiger partial charge in [-0.25, -0.2) is 4.99 Å². The van der Waals surface area contributed by atoms with Crippen molar-refractivity contribution in [3.8, 4) is 0 Å². The molecule has 1 unspecified atom stereocenters. The Morgan fingerprint density at radius 1 is 1.17 bits per heavy atom. The van der Waals surface area contributed by atoms with E-state index in [0.29, 0.717) is 19.5 Å². The Kier molecular flexibility index (Phi) is 7.85. The Balaban J connectivity index is 1.32. The van der Waals surface area contributed by atoms with Crippen LogP contribution in [0.25, 0.3) is 0 Å². The number of Topliss-reactive ketones (excluding diaryl/α,β-unsaturated/α-hetero) is 1. The van der Waals surface area contributed by atoms with E-state index in [9.17, 15) is 4.79 Å². The summed E-state index contributed by atoms with van der Waals surface area (Å²) in [7, 11) is 0. The molecule has 0 bridgehead atoms. The first-order valence-corrected chi connectivity index (χ1v) is 11.3. The van der Waals surface area contributed by atoms with Crippen LogP contribution in [0.5, 0.6) is 0 Å². The van der Waals surface area contributed by atoms with Crippen LogP contribution in [-0.4, -0.2) is 106 Å². The molecule has 3 heterocycles. The van der Waals surface area contributed by atoms with Crippen molar-refractivity contribution in [1.82, 2.24) is 20.4 Å². The van der Waals surface area contributed by atoms with Crippen LogP contribution in [0.2, 0.25) is 0 Å². The number of aliphatic imine (C=N–C) groups is 2. The number of allylic oxidation sites excluding steroid dienone is 1. The maximum Gasteiger partial charge on any atom is 0.201 e. The van der Waals surface area contributed by atoms with E-state index in [2.05, 4.69) is 26.5 Å². The zero-order valence-electron chi connectivity index (χ0n) is 17.8. The second kappa shape index (κ2) is 11.0. The first-order valence-electron chi connectivity index (χ1n) is 11.3. The summed E-state index contributed by atoms with van der Waals surface area (Å²) in [6.07, 6.45) is 5.65. The Hall–Kier alpha value is -1.81. The fourth-order valence-electron chi connectivity index (χ4n) is 4.18. The first-order chi connectivity index (χ1) is 14.8. The van der Waals surface area contributed by atoms with Crippen molar-refractivity contribution in [2.75, 3.05) is 72.2 Å². The van der Waals surface area contributed by atoms with E-state index in [1.54, 1.807) is 0 Å². The molecular weight excluding hydrogens is 384 g/mol. The lowest BCUT2D eigenvalue weighted by atomic mass is 9.98. The number of nitrogens with zero attached hydrogens (tertiary/aromatic N) is 4. The molecule has 0 aromatic rings. The lowest BCUT2D eigenvalue weighted by Crippen LogP contribution is -2.55. The van der Waals surface area contributed by atoms with Crippen LogP contribution in [0, 0.1) is 0 Å². The number of nitrogens with one attached hydrogen (secondary N) is 2. The molecule has 0 radical (unpaired) electrons. The van der Waals surface area contributed by atoms with Gasteiger partial charge >= 0.3 is 0 Å². The van der Waals surface area contributed by atoms with E-state index in [0.717, 1.165) is 95.8 Å². The molecule has 9 nitrogen and oxygen atoms in total. The lowest BCUT2D eigenvalue weighted by molar-refractivity contribution is -0.116. The molecule has 4 rings (SSSR count). The van der Waals surface area contributed by atoms with E-state index < -0.39 is 0 Å². The number of amidine groups is 1. The maximum absolute atomic E-state index is 11.9. The molecule has 30 heavy (non-hydrogen) atoms. The molecule has 4 aliphatic rings. The number of guanidine groups is 1. The van der Waals surface area contributed by atoms with Crippen molar-refractivity contribution in [2.24, 2.45) is 9.98 Å². The molecule has 2 fully saturated rings. The van der Waals surface area contributed by atoms with Gasteiger partial charge < -0.3 is 25.0 Å². The molecule has 1 atom stereocenters. The van der Waals surface area contributed by atoms with Crippen LogP contribution >= 0.6 is 0 Å². The van der Waals surface area contributed by atoms with Gasteiger partial charge in [-0.15, -0.1) is 0 Å². The van der Waals surface area contributed by atoms with E-state index in [-0.39, 0.29) is 11.9 Å². The second-order valence-corrected chi connectivity index (χ2v) is 8.06. The highest BCUT2D eigenvalue weighted by molar-refractivity contribution is 6.01. The van der Waals surface area contributed by atoms with Crippen molar-refractivity contribution >= 4 is 17.6 Å². The molecule has 9 heteroatoms. The van der Waals surface area contributed by atoms with Gasteiger partial charge in [0.25, 0.3) is 0 Å². The van der Waals surface area contributed by atoms with Gasteiger partial charge in [0.15, 0.2) is 5.78 Å². The molecule has 2 N–H and O–H groups in total. The summed E-state index contributed by atoms with van der Waals surface area (Å²) in [5, 5.41) is 6.82. The summed E-state index contributed by atoms with van der Waals surface area (Å²) >= 11 is 0. The van der Waals surface area contributed by atoms with Gasteiger partial charge in [0.05, 0.1) is 33.0 Å². The zero-order valence-corrected chi connectivity index (χ0v) is 17.8. The fourth-order valence-corrected chi connectivity index (χ4v) is 4.18. The number of hydrogen-bond donors (Lipinski definition) is 2. The third kappa shape index (κ3) is 5.87. The third-order valence-corrected chi connectivity index (χ3v) is 5.94. The van der Waals surface area contributed by atoms with Crippen LogP contribution in [0.4, 0.5) is 0 Å². The van der Waals surface area contributed by atoms with Crippen LogP contribution in [0.3, 0.4) is 0 Å². The standard InChI is InChI=1S/C21H34N6O3/c28-18-4-2-1-3-17(18)16-22-5-6-23-19-15-20(26-7-11-29-12-8-26)25-21(24-19)27-9-13-30-14-10-27/h3,20,22H,1-2,4-16H2,(H,23,24,25). The maximum atomic E-state index is 11.9. The van der Waals surface area contributed by atoms with Gasteiger partial charge in [-0.05, 0) is 12.8 Å². The summed E-state index contributed by atoms with van der Waals surface area (Å²) in [6.45, 7) is 8.56. The third-order valence-electron chi connectivity index (χ3n) is 5.94. The predicted octanol–water partition coefficient (Wildman–Crippen LogP) is -0.00630. The number of hydrogen-bond acceptors (Lipinski definition) is 8. The van der Waals surface area contributed by atoms with Crippen LogP contribution in [0.15, 0.2) is 21.6 Å². The van der Waals surface area contributed by atoms with Crippen molar-refractivity contribution in [3.63, 3.8) is 0 Å². The van der Waals surface area contributed by atoms with Crippen molar-refractivity contribution in [2.45, 2.75) is 31.8 Å². The normalized spacial score (nSPS) is 27.6. The van der Waals surface area contributed by atoms with E-state index in [1.165, 1.54) is 0 Å². The summed E-state index contributed by atoms with van der Waals surface area (Å²) < 4.78 is 11.0. The van der Waals surface area contributed by atoms with Crippen molar-refractivity contribution < 1.29 is 14.3 Å². The lowest BCUT2D eigenvalue weighted by Gasteiger charge is -2.38. The highest BCUT2D eigenvalue weighted by atomic mass is 16.5. The number of ether oxygens (including phenoxy) is 2. The summed E-state index contributed by atoms with van der Waals surface area (Å²) in [5.41, 5.74) is 0.929. The fraction of sp³-hybridized carbons (Fsp3) is 0.762. The Morgan fingerprint density at radius 2 is 1.93 bits per heavy atom. The minimum absolute atomic E-state index is 0.102. The van der Waals surface area contributed by atoms with E-state index in [4.69, 9.17) is 19.5 Å². The first kappa shape index (κ1) is 21.4. The average molecular weight is 419 g/mol. The molecule has 0 aromatic carbocycles. The predicted molar refractivity (Wildman–Crippen MR) is 116 cm³/mol. The zero-order chi connectivity index (χ0) is 20.6. The molecule has 0 spiro atoms. The smallest absolute Gasteiger partial charge is 0.201 e. The molecule has 2 saturated heterocycles. The monoisotopic (exact) mass is 418 g/mol. The SMILES string of the molecule is O=C1CCCC=C1CNCCN=C1CC(N2CCOCC2)N=C(N2CCOCC2)N1. The van der Waals surface area contributed by atoms with Crippen LogP contribution in [-0.2, 0) is 14.3 Å². The molecule has 0 amide bonds. The number of morpholine rings is 2. The average Bonchev–Trinajstić information content (AvgIpc) is 2.81. The second-order valence-electron chi connectivity index (χ2n) is 8.06. The molecule has 1 aliphatic carbocycles. The van der Waals surface area contributed by atoms with E-state index >= 15 is 0 Å². The summed E-state index contributed by atoms with van der Waals surface area (Å²) in [6, 6.07) is 0. The molecule has 0 aromatic heterocycles. The minimum Gasteiger partial charge on any atom is -0.379 e. The van der Waals surface area contributed by atoms with Crippen LogP contribution in [0.1, 0.15) is 25.7 Å². The quantitative estimate of drug-likeness (QED) is 0.587. The molecular formula is C21H34N6O3. The molecule has 166 valence electrons. The summed E-state index contributed by atoms with van der Waals surface area (Å²) in [4.78, 5) is 26.4. The van der Waals surface area contributed by atoms with Gasteiger partial charge in [0.1, 0.15) is 12.0 Å². The van der Waals surface area contributed by atoms with Gasteiger partial charge in [-0.1, -0.05) is 6.08 Å². The minimum atomic E-state index is 0.102. The number of rotatable bonds is 6. The Labute approximate surface area is 178 Å². The molecule has 0 saturated carbocycles. The highest BCUT2D eigenvalue weighted by Crippen LogP contribution is 2.15. The number of carbonyl (C=O) groups excluding carboxylic acids is 1. The van der Waals surface area contributed by atoms with E-state index in [1.807, 2.05) is 0 Å². The number of ketones is 1. The van der Waals surface area contributed by atoms with Gasteiger partial charge in [-0.2, -0.15) is 0 Å². The largest absolute Gasteiger partial charge is 0.379 e.